The zero-order valence-corrected chi connectivity index (χ0v) is 9.78. The Morgan fingerprint density at radius 1 is 0.875 bits per heavy atom. The second kappa shape index (κ2) is 6.18. The van der Waals surface area contributed by atoms with E-state index in [0.29, 0.717) is 0 Å². The highest BCUT2D eigenvalue weighted by Crippen LogP contribution is 2.30. The van der Waals surface area contributed by atoms with Crippen molar-refractivity contribution in [2.24, 2.45) is 5.14 Å². The Balaban J connectivity index is 0. The molecule has 2 N–H and O–H groups in total. The van der Waals surface area contributed by atoms with Crippen molar-refractivity contribution in [3.05, 3.63) is 0 Å². The molecule has 0 aromatic heterocycles. The number of nitrogens with two attached hydrogens (primary N) is 1. The number of rotatable bonds is 2. The largest absolute Gasteiger partial charge is 0.235 e. The van der Waals surface area contributed by atoms with Gasteiger partial charge in [-0.15, -0.1) is 0 Å². The second-order valence-corrected chi connectivity index (χ2v) is 8.22. The molecule has 0 aliphatic heterocycles. The summed E-state index contributed by atoms with van der Waals surface area (Å²) in [6.07, 6.45) is 3.04. The molecule has 0 amide bonds. The van der Waals surface area contributed by atoms with Crippen molar-refractivity contribution in [3.63, 3.8) is 0 Å². The maximum atomic E-state index is 10.2. The maximum absolute atomic E-state index is 10.2. The summed E-state index contributed by atoms with van der Waals surface area (Å²) in [6, 6.07) is 0. The molecule has 2 fully saturated rings. The lowest BCUT2D eigenvalue weighted by Crippen LogP contribution is -2.16. The van der Waals surface area contributed by atoms with Gasteiger partial charge in [-0.2, -0.15) is 0 Å². The van der Waals surface area contributed by atoms with E-state index in [2.05, 4.69) is 0 Å². The molecule has 0 spiro atoms. The van der Waals surface area contributed by atoms with Gasteiger partial charge in [0.1, 0.15) is 0 Å². The molecule has 2 saturated carbocycles. The number of primary sulfonamides is 1. The highest BCUT2D eigenvalue weighted by Gasteiger charge is 2.33. The third-order valence-corrected chi connectivity index (χ3v) is 5.34. The normalized spacial score (nSPS) is 19.6. The first kappa shape index (κ1) is 18.5. The third kappa shape index (κ3) is 7.43. The van der Waals surface area contributed by atoms with Gasteiger partial charge in [0.25, 0.3) is 0 Å². The van der Waals surface area contributed by atoms with Gasteiger partial charge >= 0.3 is 0 Å². The van der Waals surface area contributed by atoms with Crippen LogP contribution in [-0.4, -0.2) is 27.3 Å². The van der Waals surface area contributed by atoms with Crippen molar-refractivity contribution >= 4 is 29.8 Å². The van der Waals surface area contributed by atoms with Crippen LogP contribution in [0.5, 0.6) is 0 Å². The Kier molecular flexibility index (Phi) is 7.15. The van der Waals surface area contributed by atoms with Crippen molar-refractivity contribution in [2.75, 3.05) is 0 Å². The summed E-state index contributed by atoms with van der Waals surface area (Å²) in [7, 11) is -1.38. The average molecular weight is 294 g/mol. The van der Waals surface area contributed by atoms with Gasteiger partial charge in [0.05, 0.1) is 10.5 Å². The van der Waals surface area contributed by atoms with E-state index >= 15 is 0 Å². The lowest BCUT2D eigenvalue weighted by atomic mass is 11.0. The molecule has 2 aliphatic rings. The minimum atomic E-state index is -3.16. The summed E-state index contributed by atoms with van der Waals surface area (Å²) >= 11 is 0. The molecule has 0 atom stereocenters. The van der Waals surface area contributed by atoms with E-state index in [0.717, 1.165) is 25.7 Å². The van der Waals surface area contributed by atoms with Crippen molar-refractivity contribution in [1.82, 2.24) is 0 Å². The molecule has 2 aliphatic carbocycles. The van der Waals surface area contributed by atoms with Crippen LogP contribution in [0.2, 0.25) is 0 Å². The van der Waals surface area contributed by atoms with E-state index in [1.165, 1.54) is 0 Å². The van der Waals surface area contributed by atoms with Crippen molar-refractivity contribution in [1.29, 1.82) is 0 Å². The lowest BCUT2D eigenvalue weighted by molar-refractivity contribution is 0.596. The minimum absolute atomic E-state index is 0. The Morgan fingerprint density at radius 2 is 1.19 bits per heavy atom. The molecular weight excluding hydrogens is 274 g/mol. The molecule has 0 bridgehead atoms. The SMILES string of the molecule is C.C.NS(=O)(=O)C1CC1.O=S(=O)(Cl)C1CC1. The predicted octanol–water partition coefficient (Wildman–Crippen LogP) is 1.43. The maximum Gasteiger partial charge on any atom is 0.235 e. The average Bonchev–Trinajstić information content (AvgIpc) is 2.81. The minimum Gasteiger partial charge on any atom is -0.228 e. The first-order chi connectivity index (χ1) is 6.21. The van der Waals surface area contributed by atoms with Crippen LogP contribution in [0.25, 0.3) is 0 Å². The number of halogens is 1. The van der Waals surface area contributed by atoms with E-state index in [1.807, 2.05) is 0 Å². The fourth-order valence-corrected chi connectivity index (χ4v) is 2.77. The van der Waals surface area contributed by atoms with Crippen LogP contribution in [0.15, 0.2) is 0 Å². The molecule has 0 aromatic carbocycles. The standard InChI is InChI=1S/C3H5ClO2S.C3H7NO2S.2CH4/c2*4-7(5,6)3-1-2-3;;/h3H,1-2H2;3H,1-2H2,(H2,4,5,6);2*1H4. The summed E-state index contributed by atoms with van der Waals surface area (Å²) in [5.41, 5.74) is 0. The van der Waals surface area contributed by atoms with Crippen LogP contribution in [0, 0.1) is 0 Å². The number of hydrogen-bond acceptors (Lipinski definition) is 4. The second-order valence-electron chi connectivity index (χ2n) is 3.46. The van der Waals surface area contributed by atoms with Gasteiger partial charge < -0.3 is 0 Å². The molecule has 0 heterocycles. The fraction of sp³-hybridized carbons (Fsp3) is 1.00. The summed E-state index contributed by atoms with van der Waals surface area (Å²) in [6.45, 7) is 0. The van der Waals surface area contributed by atoms with Gasteiger partial charge in [0, 0.05) is 10.7 Å². The summed E-state index contributed by atoms with van der Waals surface area (Å²) < 4.78 is 40.7. The van der Waals surface area contributed by atoms with E-state index in [-0.39, 0.29) is 25.4 Å². The van der Waals surface area contributed by atoms with Crippen LogP contribution in [0.4, 0.5) is 0 Å². The predicted molar refractivity (Wildman–Crippen MR) is 67.4 cm³/mol. The van der Waals surface area contributed by atoms with Gasteiger partial charge in [-0.1, -0.05) is 14.9 Å². The first-order valence-corrected chi connectivity index (χ1v) is 8.14. The molecule has 16 heavy (non-hydrogen) atoms. The van der Waals surface area contributed by atoms with E-state index in [1.54, 1.807) is 0 Å². The Hall–Kier alpha value is 0.150. The monoisotopic (exact) mass is 293 g/mol. The van der Waals surface area contributed by atoms with Crippen LogP contribution in [0.1, 0.15) is 40.5 Å². The van der Waals surface area contributed by atoms with Gasteiger partial charge in [-0.05, 0) is 25.7 Å². The van der Waals surface area contributed by atoms with Crippen molar-refractivity contribution < 1.29 is 16.8 Å². The molecule has 8 heteroatoms. The van der Waals surface area contributed by atoms with Crippen LogP contribution < -0.4 is 5.14 Å². The first-order valence-electron chi connectivity index (χ1n) is 4.16. The van der Waals surface area contributed by atoms with Crippen LogP contribution in [0.3, 0.4) is 0 Å². The molecule has 0 aromatic rings. The van der Waals surface area contributed by atoms with Crippen LogP contribution >= 0.6 is 10.7 Å². The summed E-state index contributed by atoms with van der Waals surface area (Å²) in [4.78, 5) is 0. The zero-order valence-electron chi connectivity index (χ0n) is 7.39. The topological polar surface area (TPSA) is 94.3 Å². The fourth-order valence-electron chi connectivity index (χ4n) is 0.746. The quantitative estimate of drug-likeness (QED) is 0.779. The molecule has 100 valence electrons. The zero-order chi connectivity index (χ0) is 11.0. The van der Waals surface area contributed by atoms with E-state index in [9.17, 15) is 16.8 Å². The highest BCUT2D eigenvalue weighted by atomic mass is 35.7. The van der Waals surface area contributed by atoms with Crippen molar-refractivity contribution in [2.45, 2.75) is 51.0 Å². The Labute approximate surface area is 103 Å². The van der Waals surface area contributed by atoms with Gasteiger partial charge in [0.2, 0.25) is 19.1 Å². The Bertz CT molecular complexity index is 356. The summed E-state index contributed by atoms with van der Waals surface area (Å²) in [5.74, 6) is 0. The molecular formula is C8H20ClNO4S2. The molecule has 5 nitrogen and oxygen atoms in total. The van der Waals surface area contributed by atoms with E-state index < -0.39 is 19.1 Å². The van der Waals surface area contributed by atoms with E-state index in [4.69, 9.17) is 15.8 Å². The smallest absolute Gasteiger partial charge is 0.228 e. The van der Waals surface area contributed by atoms with Gasteiger partial charge in [-0.25, -0.2) is 22.0 Å². The van der Waals surface area contributed by atoms with Crippen LogP contribution in [-0.2, 0) is 19.1 Å². The molecule has 2 rings (SSSR count). The Morgan fingerprint density at radius 3 is 1.19 bits per heavy atom. The number of sulfonamides is 1. The highest BCUT2D eigenvalue weighted by molar-refractivity contribution is 8.14. The number of hydrogen-bond donors (Lipinski definition) is 1. The third-order valence-electron chi connectivity index (χ3n) is 1.91. The lowest BCUT2D eigenvalue weighted by Gasteiger charge is -1.84. The molecule has 0 unspecified atom stereocenters. The van der Waals surface area contributed by atoms with Crippen molar-refractivity contribution in [3.8, 4) is 0 Å². The molecule has 0 saturated heterocycles. The summed E-state index contributed by atoms with van der Waals surface area (Å²) in [5, 5.41) is 4.30. The molecule has 0 radical (unpaired) electrons. The van der Waals surface area contributed by atoms with Gasteiger partial charge in [0.15, 0.2) is 0 Å². The van der Waals surface area contributed by atoms with Gasteiger partial charge in [-0.3, -0.25) is 0 Å².